The van der Waals surface area contributed by atoms with Crippen molar-refractivity contribution in [3.8, 4) is 0 Å². The summed E-state index contributed by atoms with van der Waals surface area (Å²) in [5.41, 5.74) is 0.414. The molecule has 1 unspecified atom stereocenters. The molecule has 2 aromatic heterocycles. The molecule has 0 aliphatic carbocycles. The fourth-order valence-corrected chi connectivity index (χ4v) is 3.01. The first-order valence-corrected chi connectivity index (χ1v) is 7.53. The van der Waals surface area contributed by atoms with Crippen LogP contribution in [0.3, 0.4) is 0 Å². The monoisotopic (exact) mass is 287 g/mol. The highest BCUT2D eigenvalue weighted by atomic mass is 16.1. The first-order valence-electron chi connectivity index (χ1n) is 7.53. The Kier molecular flexibility index (Phi) is 3.40. The number of nitrogens with zero attached hydrogens (tertiary/aromatic N) is 4. The van der Waals surface area contributed by atoms with Gasteiger partial charge in [-0.05, 0) is 46.7 Å². The van der Waals surface area contributed by atoms with E-state index < -0.39 is 0 Å². The topological polar surface area (TPSA) is 66.8 Å². The summed E-state index contributed by atoms with van der Waals surface area (Å²) < 4.78 is 1.84. The third-order valence-corrected chi connectivity index (χ3v) is 4.10. The van der Waals surface area contributed by atoms with Crippen LogP contribution in [0.15, 0.2) is 11.0 Å². The van der Waals surface area contributed by atoms with E-state index >= 15 is 0 Å². The Morgan fingerprint density at radius 1 is 1.43 bits per heavy atom. The molecular weight excluding hydrogens is 265 g/mol. The van der Waals surface area contributed by atoms with E-state index in [0.29, 0.717) is 17.0 Å². The van der Waals surface area contributed by atoms with Gasteiger partial charge in [0.2, 0.25) is 0 Å². The van der Waals surface area contributed by atoms with Crippen molar-refractivity contribution in [1.29, 1.82) is 0 Å². The summed E-state index contributed by atoms with van der Waals surface area (Å²) in [5.74, 6) is 1.09. The van der Waals surface area contributed by atoms with Gasteiger partial charge < -0.3 is 9.79 Å². The predicted octanol–water partition coefficient (Wildman–Crippen LogP) is 0.602. The Hall–Kier alpha value is -1.63. The molecule has 1 atom stereocenters. The highest BCUT2D eigenvalue weighted by molar-refractivity contribution is 6.04. The number of rotatable bonds is 1. The van der Waals surface area contributed by atoms with Crippen molar-refractivity contribution in [2.24, 2.45) is 0 Å². The number of piperidine rings is 1. The third-order valence-electron chi connectivity index (χ3n) is 4.10. The smallest absolute Gasteiger partial charge is 0.262 e. The molecule has 1 fully saturated rings. The van der Waals surface area contributed by atoms with Crippen LogP contribution in [0.1, 0.15) is 45.4 Å². The van der Waals surface area contributed by atoms with E-state index in [2.05, 4.69) is 43.6 Å². The molecule has 0 amide bonds. The van der Waals surface area contributed by atoms with Crippen LogP contribution < -0.4 is 5.56 Å². The van der Waals surface area contributed by atoms with Gasteiger partial charge in [-0.3, -0.25) is 4.79 Å². The summed E-state index contributed by atoms with van der Waals surface area (Å²) in [6, 6.07) is 0. The molecule has 3 rings (SSSR count). The molecule has 1 aliphatic rings. The van der Waals surface area contributed by atoms with Crippen LogP contribution in [0.25, 0.3) is 11.0 Å². The van der Waals surface area contributed by atoms with Gasteiger partial charge in [-0.2, -0.15) is 5.10 Å². The maximum atomic E-state index is 12.3. The minimum atomic E-state index is -0.191. The lowest BCUT2D eigenvalue weighted by Crippen LogP contribution is -2.33. The second-order valence-corrected chi connectivity index (χ2v) is 7.02. The third kappa shape index (κ3) is 2.62. The van der Waals surface area contributed by atoms with E-state index in [1.165, 1.54) is 0 Å². The Morgan fingerprint density at radius 3 is 2.86 bits per heavy atom. The zero-order valence-corrected chi connectivity index (χ0v) is 13.2. The first-order chi connectivity index (χ1) is 9.86. The average molecular weight is 287 g/mol. The summed E-state index contributed by atoms with van der Waals surface area (Å²) >= 11 is 0. The maximum Gasteiger partial charge on any atom is 0.262 e. The summed E-state index contributed by atoms with van der Waals surface area (Å²) in [6.07, 6.45) is 3.83. The summed E-state index contributed by atoms with van der Waals surface area (Å²) in [4.78, 5) is 22.3. The van der Waals surface area contributed by atoms with Gasteiger partial charge in [0.15, 0.2) is 13.6 Å². The highest BCUT2D eigenvalue weighted by Gasteiger charge is 2.24. The van der Waals surface area contributed by atoms with Gasteiger partial charge in [0.05, 0.1) is 11.7 Å². The van der Waals surface area contributed by atoms with Gasteiger partial charge in [0.25, 0.3) is 5.56 Å². The number of hydrogen-bond acceptors (Lipinski definition) is 4. The van der Waals surface area contributed by atoms with Gasteiger partial charge >= 0.3 is 0 Å². The molecule has 112 valence electrons. The fourth-order valence-electron chi connectivity index (χ4n) is 3.01. The number of hydrogen-bond donors (Lipinski definition) is 1. The van der Waals surface area contributed by atoms with Crippen molar-refractivity contribution in [3.63, 3.8) is 0 Å². The van der Waals surface area contributed by atoms with Gasteiger partial charge in [0.1, 0.15) is 11.2 Å². The zero-order chi connectivity index (χ0) is 15.2. The van der Waals surface area contributed by atoms with Crippen molar-refractivity contribution < 1.29 is 0 Å². The molecule has 2 aromatic rings. The molecule has 1 aliphatic heterocycles. The minimum absolute atomic E-state index is 0.0845. The highest BCUT2D eigenvalue weighted by Crippen LogP contribution is 2.24. The molecule has 0 saturated carbocycles. The molecule has 0 aromatic carbocycles. The van der Waals surface area contributed by atoms with Gasteiger partial charge in [-0.25, -0.2) is 9.67 Å². The van der Waals surface area contributed by atoms with Crippen LogP contribution in [-0.4, -0.2) is 45.6 Å². The number of aromatic nitrogens is 4. The van der Waals surface area contributed by atoms with E-state index in [0.717, 1.165) is 31.8 Å². The standard InChI is InChI=1S/C14H22BN5O/c1-14(2,3)20-12-10(7-16-20)13(21)18-11(17-12)9-5-4-6-19(15)8-9/h7,9H,4-6,8,15H2,1-3H3,(H,17,18,21). The van der Waals surface area contributed by atoms with E-state index in [4.69, 9.17) is 4.98 Å². The van der Waals surface area contributed by atoms with Crippen LogP contribution in [0.2, 0.25) is 0 Å². The Morgan fingerprint density at radius 2 is 2.19 bits per heavy atom. The van der Waals surface area contributed by atoms with Crippen LogP contribution in [0.4, 0.5) is 0 Å². The number of fused-ring (bicyclic) bond motifs is 1. The molecule has 6 nitrogen and oxygen atoms in total. The second kappa shape index (κ2) is 4.98. The largest absolute Gasteiger partial charge is 0.348 e. The minimum Gasteiger partial charge on any atom is -0.348 e. The number of nitrogens with one attached hydrogen (secondary N) is 1. The average Bonchev–Trinajstić information content (AvgIpc) is 2.83. The SMILES string of the molecule is BN1CCCC(c2nc3c(cnn3C(C)(C)C)c(=O)[nH]2)C1. The Labute approximate surface area is 125 Å². The predicted molar refractivity (Wildman–Crippen MR) is 85.2 cm³/mol. The molecule has 0 radical (unpaired) electrons. The van der Waals surface area contributed by atoms with Crippen molar-refractivity contribution in [2.45, 2.75) is 45.1 Å². The molecule has 7 heteroatoms. The van der Waals surface area contributed by atoms with Gasteiger partial charge in [0, 0.05) is 5.92 Å². The van der Waals surface area contributed by atoms with Crippen LogP contribution in [0, 0.1) is 0 Å². The zero-order valence-electron chi connectivity index (χ0n) is 13.2. The lowest BCUT2D eigenvalue weighted by atomic mass is 9.95. The van der Waals surface area contributed by atoms with E-state index in [-0.39, 0.29) is 11.1 Å². The fraction of sp³-hybridized carbons (Fsp3) is 0.643. The Bertz CT molecular complexity index is 714. The van der Waals surface area contributed by atoms with Crippen LogP contribution >= 0.6 is 0 Å². The summed E-state index contributed by atoms with van der Waals surface area (Å²) in [5, 5.41) is 4.92. The summed E-state index contributed by atoms with van der Waals surface area (Å²) in [7, 11) is 2.11. The van der Waals surface area contributed by atoms with Crippen molar-refractivity contribution in [2.75, 3.05) is 13.1 Å². The van der Waals surface area contributed by atoms with Crippen LogP contribution in [0.5, 0.6) is 0 Å². The van der Waals surface area contributed by atoms with Crippen LogP contribution in [-0.2, 0) is 5.54 Å². The van der Waals surface area contributed by atoms with E-state index in [1.807, 2.05) is 4.68 Å². The van der Waals surface area contributed by atoms with Crippen molar-refractivity contribution in [1.82, 2.24) is 24.6 Å². The first kappa shape index (κ1) is 14.3. The molecule has 21 heavy (non-hydrogen) atoms. The maximum absolute atomic E-state index is 12.3. The van der Waals surface area contributed by atoms with Crippen molar-refractivity contribution in [3.05, 3.63) is 22.4 Å². The molecule has 0 bridgehead atoms. The molecule has 0 spiro atoms. The molecule has 1 saturated heterocycles. The Balaban J connectivity index is 2.11. The second-order valence-electron chi connectivity index (χ2n) is 7.02. The lowest BCUT2D eigenvalue weighted by molar-refractivity contribution is 0.322. The van der Waals surface area contributed by atoms with Gasteiger partial charge in [-0.15, -0.1) is 0 Å². The normalized spacial score (nSPS) is 21.0. The number of aromatic amines is 1. The van der Waals surface area contributed by atoms with Gasteiger partial charge in [-0.1, -0.05) is 0 Å². The summed E-state index contributed by atoms with van der Waals surface area (Å²) in [6.45, 7) is 8.25. The molecule has 1 N–H and O–H groups in total. The van der Waals surface area contributed by atoms with E-state index in [1.54, 1.807) is 6.20 Å². The molecular formula is C14H22BN5O. The quantitative estimate of drug-likeness (QED) is 0.780. The van der Waals surface area contributed by atoms with E-state index in [9.17, 15) is 4.79 Å². The lowest BCUT2D eigenvalue weighted by Gasteiger charge is -2.29. The molecule has 3 heterocycles. The van der Waals surface area contributed by atoms with Crippen molar-refractivity contribution >= 4 is 19.0 Å². The number of H-pyrrole nitrogens is 1.